The highest BCUT2D eigenvalue weighted by Crippen LogP contribution is 2.33. The van der Waals surface area contributed by atoms with E-state index in [4.69, 9.17) is 33.2 Å². The maximum absolute atomic E-state index is 9.14. The lowest BCUT2D eigenvalue weighted by Gasteiger charge is -2.12. The highest BCUT2D eigenvalue weighted by molar-refractivity contribution is 7.98. The number of hydrogen-bond acceptors (Lipinski definition) is 5. The van der Waals surface area contributed by atoms with Crippen molar-refractivity contribution in [3.05, 3.63) is 87.9 Å². The van der Waals surface area contributed by atoms with Crippen LogP contribution in [0.5, 0.6) is 5.75 Å². The van der Waals surface area contributed by atoms with E-state index in [0.717, 1.165) is 22.6 Å². The number of thioether (sulfide) groups is 1. The van der Waals surface area contributed by atoms with Crippen LogP contribution in [-0.4, -0.2) is 21.9 Å². The average molecular weight is 467 g/mol. The Labute approximate surface area is 194 Å². The summed E-state index contributed by atoms with van der Waals surface area (Å²) in [5.41, 5.74) is 3.35. The van der Waals surface area contributed by atoms with Gasteiger partial charge in [0.2, 0.25) is 0 Å². The quantitative estimate of drug-likeness (QED) is 0.307. The second-order valence-corrected chi connectivity index (χ2v) is 8.33. The molecule has 0 aliphatic heterocycles. The van der Waals surface area contributed by atoms with E-state index in [-0.39, 0.29) is 0 Å². The summed E-state index contributed by atoms with van der Waals surface area (Å²) in [6.07, 6.45) is 0. The molecule has 8 heteroatoms. The molecular weight excluding hydrogens is 451 g/mol. The summed E-state index contributed by atoms with van der Waals surface area (Å²) in [7, 11) is 1.63. The largest absolute Gasteiger partial charge is 0.497 e. The van der Waals surface area contributed by atoms with E-state index in [1.807, 2.05) is 53.1 Å². The number of ether oxygens (including phenoxy) is 1. The average Bonchev–Trinajstić information content (AvgIpc) is 3.23. The van der Waals surface area contributed by atoms with Gasteiger partial charge in [-0.2, -0.15) is 5.26 Å². The van der Waals surface area contributed by atoms with Gasteiger partial charge in [-0.3, -0.25) is 4.57 Å². The van der Waals surface area contributed by atoms with Gasteiger partial charge >= 0.3 is 0 Å². The molecule has 154 valence electrons. The molecule has 0 atom stereocenters. The van der Waals surface area contributed by atoms with E-state index < -0.39 is 0 Å². The molecule has 4 rings (SSSR count). The Kier molecular flexibility index (Phi) is 6.47. The van der Waals surface area contributed by atoms with E-state index in [1.54, 1.807) is 25.3 Å². The molecule has 5 nitrogen and oxygen atoms in total. The van der Waals surface area contributed by atoms with Crippen LogP contribution in [0, 0.1) is 11.3 Å². The number of benzene rings is 3. The summed E-state index contributed by atoms with van der Waals surface area (Å²) in [4.78, 5) is 0. The zero-order valence-electron chi connectivity index (χ0n) is 16.4. The molecule has 0 fully saturated rings. The van der Waals surface area contributed by atoms with Crippen molar-refractivity contribution in [3.63, 3.8) is 0 Å². The third-order valence-corrected chi connectivity index (χ3v) is 6.31. The lowest BCUT2D eigenvalue weighted by molar-refractivity contribution is 0.415. The van der Waals surface area contributed by atoms with Crippen molar-refractivity contribution in [1.82, 2.24) is 14.8 Å². The van der Waals surface area contributed by atoms with Crippen molar-refractivity contribution in [1.29, 1.82) is 5.26 Å². The molecular formula is C23H16Cl2N4OS. The lowest BCUT2D eigenvalue weighted by Crippen LogP contribution is -2.00. The van der Waals surface area contributed by atoms with E-state index in [2.05, 4.69) is 16.3 Å². The third kappa shape index (κ3) is 4.70. The number of hydrogen-bond donors (Lipinski definition) is 0. The molecule has 4 aromatic rings. The third-order valence-electron chi connectivity index (χ3n) is 4.57. The van der Waals surface area contributed by atoms with Crippen molar-refractivity contribution in [2.75, 3.05) is 7.11 Å². The predicted molar refractivity (Wildman–Crippen MR) is 124 cm³/mol. The van der Waals surface area contributed by atoms with Crippen LogP contribution in [-0.2, 0) is 5.75 Å². The molecule has 0 saturated carbocycles. The van der Waals surface area contributed by atoms with Crippen LogP contribution in [0.15, 0.2) is 71.9 Å². The smallest absolute Gasteiger partial charge is 0.196 e. The molecule has 1 aromatic heterocycles. The second-order valence-electron chi connectivity index (χ2n) is 6.57. The lowest BCUT2D eigenvalue weighted by atomic mass is 10.2. The highest BCUT2D eigenvalue weighted by atomic mass is 35.5. The van der Waals surface area contributed by atoms with Crippen LogP contribution in [0.3, 0.4) is 0 Å². The Bertz CT molecular complexity index is 1270. The molecule has 0 aliphatic carbocycles. The monoisotopic (exact) mass is 466 g/mol. The predicted octanol–water partition coefficient (Wildman–Crippen LogP) is 6.41. The van der Waals surface area contributed by atoms with Gasteiger partial charge < -0.3 is 4.74 Å². The summed E-state index contributed by atoms with van der Waals surface area (Å²) >= 11 is 13.9. The SMILES string of the molecule is COc1ccc(-c2nnc(SCc3cccc(C#N)c3)n2-c2ccc(Cl)c(Cl)c2)cc1. The normalized spacial score (nSPS) is 10.6. The fraction of sp³-hybridized carbons (Fsp3) is 0.0870. The number of nitriles is 1. The van der Waals surface area contributed by atoms with Crippen molar-refractivity contribution < 1.29 is 4.74 Å². The molecule has 0 saturated heterocycles. The first-order chi connectivity index (χ1) is 15.1. The molecule has 0 spiro atoms. The Hall–Kier alpha value is -2.98. The molecule has 1 heterocycles. The summed E-state index contributed by atoms with van der Waals surface area (Å²) < 4.78 is 7.21. The summed E-state index contributed by atoms with van der Waals surface area (Å²) in [6.45, 7) is 0. The molecule has 0 bridgehead atoms. The van der Waals surface area contributed by atoms with E-state index in [1.165, 1.54) is 11.8 Å². The maximum atomic E-state index is 9.14. The summed E-state index contributed by atoms with van der Waals surface area (Å²) in [5, 5.41) is 19.6. The standard InChI is InChI=1S/C23H16Cl2N4OS/c1-30-19-8-5-17(6-9-19)22-27-28-23(29(22)18-7-10-20(24)21(25)12-18)31-14-16-4-2-3-15(11-16)13-26/h2-12H,14H2,1H3. The van der Waals surface area contributed by atoms with Gasteiger partial charge in [-0.25, -0.2) is 0 Å². The topological polar surface area (TPSA) is 63.7 Å². The van der Waals surface area contributed by atoms with E-state index in [0.29, 0.717) is 32.3 Å². The van der Waals surface area contributed by atoms with Gasteiger partial charge in [0.25, 0.3) is 0 Å². The number of nitrogens with zero attached hydrogens (tertiary/aromatic N) is 4. The zero-order valence-corrected chi connectivity index (χ0v) is 18.7. The van der Waals surface area contributed by atoms with Crippen molar-refractivity contribution in [3.8, 4) is 28.9 Å². The molecule has 31 heavy (non-hydrogen) atoms. The Morgan fingerprint density at radius 2 is 1.81 bits per heavy atom. The number of methoxy groups -OCH3 is 1. The first-order valence-corrected chi connectivity index (χ1v) is 11.0. The van der Waals surface area contributed by atoms with Gasteiger partial charge in [-0.15, -0.1) is 10.2 Å². The summed E-state index contributed by atoms with van der Waals surface area (Å²) in [5.74, 6) is 2.07. The van der Waals surface area contributed by atoms with Crippen LogP contribution in [0.1, 0.15) is 11.1 Å². The molecule has 0 amide bonds. The fourth-order valence-corrected chi connectivity index (χ4v) is 4.21. The van der Waals surface area contributed by atoms with Gasteiger partial charge in [-0.05, 0) is 60.2 Å². The van der Waals surface area contributed by atoms with Gasteiger partial charge in [0.1, 0.15) is 5.75 Å². The minimum atomic E-state index is 0.450. The molecule has 0 N–H and O–H groups in total. The zero-order chi connectivity index (χ0) is 21.8. The Balaban J connectivity index is 1.74. The van der Waals surface area contributed by atoms with Crippen molar-refractivity contribution in [2.45, 2.75) is 10.9 Å². The minimum Gasteiger partial charge on any atom is -0.497 e. The van der Waals surface area contributed by atoms with Crippen LogP contribution >= 0.6 is 35.0 Å². The van der Waals surface area contributed by atoms with Crippen molar-refractivity contribution >= 4 is 35.0 Å². The molecule has 0 unspecified atom stereocenters. The highest BCUT2D eigenvalue weighted by Gasteiger charge is 2.17. The molecule has 0 aliphatic rings. The van der Waals surface area contributed by atoms with Crippen LogP contribution in [0.4, 0.5) is 0 Å². The second kappa shape index (κ2) is 9.44. The van der Waals surface area contributed by atoms with Crippen LogP contribution in [0.2, 0.25) is 10.0 Å². The minimum absolute atomic E-state index is 0.450. The number of aromatic nitrogens is 3. The molecule has 0 radical (unpaired) electrons. The van der Waals surface area contributed by atoms with Gasteiger partial charge in [0, 0.05) is 11.3 Å². The number of rotatable bonds is 6. The fourth-order valence-electron chi connectivity index (χ4n) is 3.03. The first kappa shape index (κ1) is 21.3. The Morgan fingerprint density at radius 1 is 1.00 bits per heavy atom. The van der Waals surface area contributed by atoms with Crippen LogP contribution < -0.4 is 4.74 Å². The summed E-state index contributed by atoms with van der Waals surface area (Å²) in [6, 6.07) is 22.7. The molecule has 3 aromatic carbocycles. The van der Waals surface area contributed by atoms with Crippen molar-refractivity contribution in [2.24, 2.45) is 0 Å². The Morgan fingerprint density at radius 3 is 2.52 bits per heavy atom. The van der Waals surface area contributed by atoms with E-state index >= 15 is 0 Å². The number of halogens is 2. The van der Waals surface area contributed by atoms with E-state index in [9.17, 15) is 0 Å². The van der Waals surface area contributed by atoms with Gasteiger partial charge in [0.15, 0.2) is 11.0 Å². The van der Waals surface area contributed by atoms with Gasteiger partial charge in [0.05, 0.1) is 34.5 Å². The maximum Gasteiger partial charge on any atom is 0.196 e. The first-order valence-electron chi connectivity index (χ1n) is 9.26. The van der Waals surface area contributed by atoms with Gasteiger partial charge in [-0.1, -0.05) is 47.1 Å². The van der Waals surface area contributed by atoms with Crippen LogP contribution in [0.25, 0.3) is 17.1 Å².